The van der Waals surface area contributed by atoms with Crippen molar-refractivity contribution in [2.75, 3.05) is 13.2 Å². The number of nitrogens with one attached hydrogen (secondary N) is 1. The lowest BCUT2D eigenvalue weighted by Gasteiger charge is -2.00. The van der Waals surface area contributed by atoms with E-state index in [2.05, 4.69) is 23.7 Å². The second kappa shape index (κ2) is 9.31. The van der Waals surface area contributed by atoms with Crippen LogP contribution < -0.4 is 11.1 Å². The van der Waals surface area contributed by atoms with E-state index in [1.165, 1.54) is 0 Å². The second-order valence-corrected chi connectivity index (χ2v) is 2.59. The van der Waals surface area contributed by atoms with Gasteiger partial charge >= 0.3 is 5.97 Å². The van der Waals surface area contributed by atoms with Gasteiger partial charge in [0.05, 0.1) is 6.54 Å². The molecule has 0 saturated heterocycles. The lowest BCUT2D eigenvalue weighted by molar-refractivity contribution is -0.138. The molecule has 0 radical (unpaired) electrons. The third-order valence-electron chi connectivity index (χ3n) is 1.35. The first-order valence-electron chi connectivity index (χ1n) is 3.99. The minimum Gasteiger partial charge on any atom is -0.480 e. The number of nitrogens with two attached hydrogens (primary N) is 1. The molecule has 0 aromatic rings. The Morgan fingerprint density at radius 1 is 1.60 bits per heavy atom. The van der Waals surface area contributed by atoms with Crippen molar-refractivity contribution in [2.45, 2.75) is 12.5 Å². The van der Waals surface area contributed by atoms with Crippen molar-refractivity contribution in [2.24, 2.45) is 5.73 Å². The van der Waals surface area contributed by atoms with Crippen LogP contribution in [0.25, 0.3) is 0 Å². The zero-order valence-corrected chi connectivity index (χ0v) is 8.94. The number of carboxylic acids is 1. The maximum Gasteiger partial charge on any atom is 0.321 e. The van der Waals surface area contributed by atoms with Crippen molar-refractivity contribution in [3.8, 4) is 11.8 Å². The molecule has 0 aromatic carbocycles. The fourth-order valence-corrected chi connectivity index (χ4v) is 0.548. The highest BCUT2D eigenvalue weighted by Gasteiger charge is 2.07. The molecule has 0 rings (SSSR count). The molecule has 0 fully saturated rings. The maximum atomic E-state index is 11.8. The van der Waals surface area contributed by atoms with E-state index in [4.69, 9.17) is 10.8 Å². The van der Waals surface area contributed by atoms with Gasteiger partial charge in [0.25, 0.3) is 0 Å². The van der Waals surface area contributed by atoms with Gasteiger partial charge in [0.15, 0.2) is 0 Å². The largest absolute Gasteiger partial charge is 0.480 e. The molecule has 15 heavy (non-hydrogen) atoms. The summed E-state index contributed by atoms with van der Waals surface area (Å²) in [6.07, 6.45) is 0.0825. The molecule has 0 amide bonds. The van der Waals surface area contributed by atoms with E-state index >= 15 is 0 Å². The maximum absolute atomic E-state index is 11.8. The van der Waals surface area contributed by atoms with Crippen LogP contribution in [0.1, 0.15) is 6.42 Å². The molecule has 4 nitrogen and oxygen atoms in total. The summed E-state index contributed by atoms with van der Waals surface area (Å²) in [5, 5.41) is 11.0. The van der Waals surface area contributed by atoms with Gasteiger partial charge in [-0.3, -0.25) is 4.79 Å². The van der Waals surface area contributed by atoms with Crippen molar-refractivity contribution in [1.82, 2.24) is 5.32 Å². The molecule has 0 aromatic heterocycles. The van der Waals surface area contributed by atoms with Crippen LogP contribution in [0.2, 0.25) is 0 Å². The number of halogens is 2. The van der Waals surface area contributed by atoms with Gasteiger partial charge in [0.2, 0.25) is 0 Å². The Morgan fingerprint density at radius 3 is 2.67 bits per heavy atom. The third kappa shape index (κ3) is 9.06. The Morgan fingerprint density at radius 2 is 2.20 bits per heavy atom. The van der Waals surface area contributed by atoms with Gasteiger partial charge in [0.1, 0.15) is 12.7 Å². The molecular weight excluding hydrogens is 223 g/mol. The van der Waals surface area contributed by atoms with Crippen LogP contribution in [-0.4, -0.2) is 30.3 Å². The number of carbonyl (C=O) groups is 1. The zero-order valence-electron chi connectivity index (χ0n) is 8.12. The number of carboxylic acid groups (broad SMARTS) is 1. The van der Waals surface area contributed by atoms with Gasteiger partial charge in [-0.1, -0.05) is 18.4 Å². The number of hydrogen-bond acceptors (Lipinski definition) is 3. The minimum absolute atomic E-state index is 0. The Hall–Kier alpha value is -1.25. The van der Waals surface area contributed by atoms with Crippen LogP contribution in [0.3, 0.4) is 0 Å². The summed E-state index contributed by atoms with van der Waals surface area (Å²) in [5.74, 6) is 4.09. The molecule has 0 aliphatic carbocycles. The van der Waals surface area contributed by atoms with Crippen LogP contribution in [0, 0.1) is 11.8 Å². The molecule has 1 unspecified atom stereocenters. The smallest absolute Gasteiger partial charge is 0.321 e. The normalized spacial score (nSPS) is 10.3. The Kier molecular flexibility index (Phi) is 10.0. The highest BCUT2D eigenvalue weighted by atomic mass is 35.5. The summed E-state index contributed by atoms with van der Waals surface area (Å²) in [5.41, 5.74) is 5.44. The van der Waals surface area contributed by atoms with Crippen molar-refractivity contribution in [3.05, 3.63) is 12.3 Å². The molecule has 6 heteroatoms. The number of allylic oxidation sites excluding steroid dienone is 1. The van der Waals surface area contributed by atoms with Gasteiger partial charge < -0.3 is 16.2 Å². The second-order valence-electron chi connectivity index (χ2n) is 2.59. The number of rotatable bonds is 5. The molecule has 0 spiro atoms. The summed E-state index contributed by atoms with van der Waals surface area (Å²) in [6, 6.07) is -0.966. The summed E-state index contributed by atoms with van der Waals surface area (Å²) in [4.78, 5) is 10.2. The summed E-state index contributed by atoms with van der Waals surface area (Å²) in [7, 11) is 0. The monoisotopic (exact) mass is 236 g/mol. The van der Waals surface area contributed by atoms with Crippen molar-refractivity contribution in [1.29, 1.82) is 0 Å². The van der Waals surface area contributed by atoms with Crippen LogP contribution in [0.5, 0.6) is 0 Å². The van der Waals surface area contributed by atoms with Gasteiger partial charge in [0, 0.05) is 12.1 Å². The number of aliphatic carboxylic acids is 1. The van der Waals surface area contributed by atoms with Crippen LogP contribution in [0.4, 0.5) is 4.39 Å². The molecule has 0 aliphatic rings. The molecule has 0 bridgehead atoms. The Bertz CT molecular complexity index is 273. The van der Waals surface area contributed by atoms with Gasteiger partial charge in [-0.25, -0.2) is 4.39 Å². The molecule has 86 valence electrons. The predicted molar refractivity (Wildman–Crippen MR) is 58.4 cm³/mol. The van der Waals surface area contributed by atoms with Crippen LogP contribution in [-0.2, 0) is 4.79 Å². The first-order chi connectivity index (χ1) is 6.57. The van der Waals surface area contributed by atoms with Gasteiger partial charge in [-0.2, -0.15) is 0 Å². The van der Waals surface area contributed by atoms with E-state index in [0.29, 0.717) is 0 Å². The standard InChI is InChI=1S/C9H13FN2O2.ClH/c1-7(6-10)12-5-3-2-4-8(11)9(13)14;/h8,12H,1,4-6,11H2,(H,13,14);1H. The number of alkyl halides is 1. The average molecular weight is 237 g/mol. The minimum atomic E-state index is -1.08. The highest BCUT2D eigenvalue weighted by Crippen LogP contribution is 1.85. The van der Waals surface area contributed by atoms with Gasteiger partial charge in [-0.05, 0) is 0 Å². The summed E-state index contributed by atoms with van der Waals surface area (Å²) < 4.78 is 11.8. The van der Waals surface area contributed by atoms with E-state index in [9.17, 15) is 9.18 Å². The summed E-state index contributed by atoms with van der Waals surface area (Å²) >= 11 is 0. The van der Waals surface area contributed by atoms with Crippen molar-refractivity contribution < 1.29 is 14.3 Å². The zero-order chi connectivity index (χ0) is 11.0. The van der Waals surface area contributed by atoms with E-state index in [0.717, 1.165) is 0 Å². The first kappa shape index (κ1) is 16.2. The van der Waals surface area contributed by atoms with Crippen LogP contribution in [0.15, 0.2) is 12.3 Å². The molecule has 0 saturated carbocycles. The highest BCUT2D eigenvalue weighted by molar-refractivity contribution is 5.85. The molecule has 0 heterocycles. The number of hydrogen-bond donors (Lipinski definition) is 3. The summed E-state index contributed by atoms with van der Waals surface area (Å²) in [6.45, 7) is 2.96. The Labute approximate surface area is 94.1 Å². The fourth-order valence-electron chi connectivity index (χ4n) is 0.548. The quantitative estimate of drug-likeness (QED) is 0.600. The topological polar surface area (TPSA) is 75.3 Å². The van der Waals surface area contributed by atoms with E-state index < -0.39 is 18.7 Å². The van der Waals surface area contributed by atoms with Gasteiger partial charge in [-0.15, -0.1) is 12.4 Å². The average Bonchev–Trinajstić information content (AvgIpc) is 2.16. The SMILES string of the molecule is C=C(CF)NCC#CCC(N)C(=O)O.Cl. The van der Waals surface area contributed by atoms with E-state index in [1.807, 2.05) is 0 Å². The lowest BCUT2D eigenvalue weighted by atomic mass is 10.2. The fraction of sp³-hybridized carbons (Fsp3) is 0.444. The first-order valence-corrected chi connectivity index (χ1v) is 3.99. The lowest BCUT2D eigenvalue weighted by Crippen LogP contribution is -2.29. The van der Waals surface area contributed by atoms with Crippen molar-refractivity contribution in [3.63, 3.8) is 0 Å². The predicted octanol–water partition coefficient (Wildman–Crippen LogP) is 0.286. The molecule has 0 aliphatic heterocycles. The van der Waals surface area contributed by atoms with E-state index in [-0.39, 0.29) is 31.1 Å². The third-order valence-corrected chi connectivity index (χ3v) is 1.35. The Balaban J connectivity index is 0. The van der Waals surface area contributed by atoms with Crippen molar-refractivity contribution >= 4 is 18.4 Å². The molecule has 4 N–H and O–H groups in total. The van der Waals surface area contributed by atoms with E-state index in [1.54, 1.807) is 0 Å². The molecule has 1 atom stereocenters. The molecular formula is C9H14ClFN2O2. The van der Waals surface area contributed by atoms with Crippen LogP contribution >= 0.6 is 12.4 Å².